The molecule has 0 aliphatic rings. The Labute approximate surface area is 112 Å². The van der Waals surface area contributed by atoms with E-state index in [2.05, 4.69) is 4.98 Å². The number of rotatable bonds is 5. The van der Waals surface area contributed by atoms with E-state index in [9.17, 15) is 4.39 Å². The van der Waals surface area contributed by atoms with Gasteiger partial charge in [0.15, 0.2) is 0 Å². The van der Waals surface area contributed by atoms with Gasteiger partial charge >= 0.3 is 0 Å². The van der Waals surface area contributed by atoms with Crippen LogP contribution >= 0.6 is 0 Å². The monoisotopic (exact) mass is 263 g/mol. The fraction of sp³-hybridized carbons (Fsp3) is 0.357. The van der Waals surface area contributed by atoms with Gasteiger partial charge < -0.3 is 15.0 Å². The molecule has 2 aromatic rings. The summed E-state index contributed by atoms with van der Waals surface area (Å²) in [6, 6.07) is 4.15. The van der Waals surface area contributed by atoms with Crippen LogP contribution in [0.3, 0.4) is 0 Å². The molecule has 1 aromatic carbocycles. The molecule has 2 N–H and O–H groups in total. The summed E-state index contributed by atoms with van der Waals surface area (Å²) in [6.45, 7) is 2.29. The van der Waals surface area contributed by atoms with Crippen molar-refractivity contribution >= 4 is 0 Å². The van der Waals surface area contributed by atoms with Crippen molar-refractivity contribution in [2.45, 2.75) is 19.4 Å². The van der Waals surface area contributed by atoms with Gasteiger partial charge in [0.1, 0.15) is 17.4 Å². The Morgan fingerprint density at radius 3 is 2.89 bits per heavy atom. The highest BCUT2D eigenvalue weighted by molar-refractivity contribution is 5.36. The molecule has 0 bridgehead atoms. The molecule has 0 unspecified atom stereocenters. The molecule has 0 radical (unpaired) electrons. The molecule has 1 heterocycles. The SMILES string of the molecule is C[C@H](N)c1cc(F)ccc1OCCc1nccn1C. The summed E-state index contributed by atoms with van der Waals surface area (Å²) < 4.78 is 20.8. The molecule has 0 saturated heterocycles. The Morgan fingerprint density at radius 1 is 1.47 bits per heavy atom. The van der Waals surface area contributed by atoms with E-state index >= 15 is 0 Å². The quantitative estimate of drug-likeness (QED) is 0.899. The van der Waals surface area contributed by atoms with Crippen LogP contribution in [0.4, 0.5) is 4.39 Å². The lowest BCUT2D eigenvalue weighted by Crippen LogP contribution is -2.11. The van der Waals surface area contributed by atoms with Crippen molar-refractivity contribution in [2.24, 2.45) is 12.8 Å². The minimum Gasteiger partial charge on any atom is -0.493 e. The normalized spacial score (nSPS) is 12.4. The van der Waals surface area contributed by atoms with Gasteiger partial charge in [-0.05, 0) is 25.1 Å². The standard InChI is InChI=1S/C14H18FN3O/c1-10(16)12-9-11(15)3-4-13(12)19-8-5-14-17-6-7-18(14)2/h3-4,6-7,9-10H,5,8,16H2,1-2H3/t10-/m0/s1. The Hall–Kier alpha value is -1.88. The number of halogens is 1. The summed E-state index contributed by atoms with van der Waals surface area (Å²) in [5.74, 6) is 1.28. The lowest BCUT2D eigenvalue weighted by Gasteiger charge is -2.14. The average Bonchev–Trinajstić information content (AvgIpc) is 2.77. The highest BCUT2D eigenvalue weighted by atomic mass is 19.1. The number of ether oxygens (including phenoxy) is 1. The number of imidazole rings is 1. The van der Waals surface area contributed by atoms with E-state index < -0.39 is 0 Å². The van der Waals surface area contributed by atoms with Crippen molar-refractivity contribution in [3.63, 3.8) is 0 Å². The highest BCUT2D eigenvalue weighted by Gasteiger charge is 2.10. The van der Waals surface area contributed by atoms with Crippen LogP contribution in [-0.4, -0.2) is 16.2 Å². The van der Waals surface area contributed by atoms with Crippen LogP contribution in [0.2, 0.25) is 0 Å². The van der Waals surface area contributed by atoms with Gasteiger partial charge in [0.05, 0.1) is 6.61 Å². The van der Waals surface area contributed by atoms with Crippen LogP contribution in [0.1, 0.15) is 24.4 Å². The first-order chi connectivity index (χ1) is 9.08. The van der Waals surface area contributed by atoms with Gasteiger partial charge in [-0.2, -0.15) is 0 Å². The molecule has 0 saturated carbocycles. The second-order valence-corrected chi connectivity index (χ2v) is 4.52. The van der Waals surface area contributed by atoms with Crippen LogP contribution < -0.4 is 10.5 Å². The number of hydrogen-bond donors (Lipinski definition) is 1. The molecule has 0 aliphatic heterocycles. The predicted octanol–water partition coefficient (Wildman–Crippen LogP) is 2.20. The number of aromatic nitrogens is 2. The molecule has 102 valence electrons. The Balaban J connectivity index is 2.01. The van der Waals surface area contributed by atoms with Crippen LogP contribution in [0.5, 0.6) is 5.75 Å². The molecule has 19 heavy (non-hydrogen) atoms. The van der Waals surface area contributed by atoms with Gasteiger partial charge in [-0.1, -0.05) is 0 Å². The summed E-state index contributed by atoms with van der Waals surface area (Å²) in [7, 11) is 1.94. The number of hydrogen-bond acceptors (Lipinski definition) is 3. The third kappa shape index (κ3) is 3.32. The molecule has 0 aliphatic carbocycles. The van der Waals surface area contributed by atoms with Gasteiger partial charge in [-0.15, -0.1) is 0 Å². The molecular weight excluding hydrogens is 245 g/mol. The third-order valence-electron chi connectivity index (χ3n) is 2.97. The van der Waals surface area contributed by atoms with Crippen molar-refractivity contribution in [2.75, 3.05) is 6.61 Å². The molecule has 0 amide bonds. The molecule has 0 fully saturated rings. The molecule has 0 spiro atoms. The average molecular weight is 263 g/mol. The van der Waals surface area contributed by atoms with Crippen molar-refractivity contribution in [3.8, 4) is 5.75 Å². The van der Waals surface area contributed by atoms with E-state index in [1.165, 1.54) is 12.1 Å². The largest absolute Gasteiger partial charge is 0.493 e. The summed E-state index contributed by atoms with van der Waals surface area (Å²) in [4.78, 5) is 4.22. The number of nitrogens with zero attached hydrogens (tertiary/aromatic N) is 2. The Bertz CT molecular complexity index is 551. The zero-order chi connectivity index (χ0) is 13.8. The van der Waals surface area contributed by atoms with Gasteiger partial charge in [0.25, 0.3) is 0 Å². The summed E-state index contributed by atoms with van der Waals surface area (Å²) in [6.07, 6.45) is 4.33. The second kappa shape index (κ2) is 5.84. The minimum absolute atomic E-state index is 0.265. The maximum Gasteiger partial charge on any atom is 0.124 e. The summed E-state index contributed by atoms with van der Waals surface area (Å²) >= 11 is 0. The first kappa shape index (κ1) is 13.5. The lowest BCUT2D eigenvalue weighted by molar-refractivity contribution is 0.312. The summed E-state index contributed by atoms with van der Waals surface area (Å²) in [5, 5.41) is 0. The molecule has 4 nitrogen and oxygen atoms in total. The van der Waals surface area contributed by atoms with E-state index in [4.69, 9.17) is 10.5 Å². The van der Waals surface area contributed by atoms with Gasteiger partial charge in [-0.25, -0.2) is 9.37 Å². The first-order valence-electron chi connectivity index (χ1n) is 6.22. The first-order valence-corrected chi connectivity index (χ1v) is 6.22. The third-order valence-corrected chi connectivity index (χ3v) is 2.97. The van der Waals surface area contributed by atoms with Crippen LogP contribution in [0, 0.1) is 5.82 Å². The fourth-order valence-corrected chi connectivity index (χ4v) is 1.90. The molecule has 2 rings (SSSR count). The van der Waals surface area contributed by atoms with E-state index in [1.54, 1.807) is 19.2 Å². The van der Waals surface area contributed by atoms with E-state index in [-0.39, 0.29) is 11.9 Å². The van der Waals surface area contributed by atoms with E-state index in [0.717, 1.165) is 5.82 Å². The van der Waals surface area contributed by atoms with Gasteiger partial charge in [0, 0.05) is 37.5 Å². The number of benzene rings is 1. The topological polar surface area (TPSA) is 53.1 Å². The van der Waals surface area contributed by atoms with Crippen LogP contribution in [0.15, 0.2) is 30.6 Å². The fourth-order valence-electron chi connectivity index (χ4n) is 1.90. The Morgan fingerprint density at radius 2 is 2.26 bits per heavy atom. The molecular formula is C14H18FN3O. The van der Waals surface area contributed by atoms with E-state index in [1.807, 2.05) is 17.8 Å². The molecule has 1 aromatic heterocycles. The Kier molecular flexibility index (Phi) is 4.16. The maximum atomic E-state index is 13.2. The lowest BCUT2D eigenvalue weighted by atomic mass is 10.1. The van der Waals surface area contributed by atoms with Gasteiger partial charge in [0.2, 0.25) is 0 Å². The summed E-state index contributed by atoms with van der Waals surface area (Å²) in [5.41, 5.74) is 6.49. The molecule has 1 atom stereocenters. The smallest absolute Gasteiger partial charge is 0.124 e. The maximum absolute atomic E-state index is 13.2. The predicted molar refractivity (Wildman–Crippen MR) is 71.4 cm³/mol. The number of nitrogens with two attached hydrogens (primary N) is 1. The molecule has 5 heteroatoms. The second-order valence-electron chi connectivity index (χ2n) is 4.52. The van der Waals surface area contributed by atoms with Crippen LogP contribution in [0.25, 0.3) is 0 Å². The van der Waals surface area contributed by atoms with E-state index in [0.29, 0.717) is 24.3 Å². The van der Waals surface area contributed by atoms with Crippen molar-refractivity contribution in [1.29, 1.82) is 0 Å². The van der Waals surface area contributed by atoms with Crippen LogP contribution in [-0.2, 0) is 13.5 Å². The number of aryl methyl sites for hydroxylation is 1. The zero-order valence-corrected chi connectivity index (χ0v) is 11.1. The van der Waals surface area contributed by atoms with Gasteiger partial charge in [-0.3, -0.25) is 0 Å². The highest BCUT2D eigenvalue weighted by Crippen LogP contribution is 2.24. The zero-order valence-electron chi connectivity index (χ0n) is 11.1. The van der Waals surface area contributed by atoms with Crippen molar-refractivity contribution in [3.05, 3.63) is 47.8 Å². The van der Waals surface area contributed by atoms with Crippen molar-refractivity contribution in [1.82, 2.24) is 9.55 Å². The van der Waals surface area contributed by atoms with Crippen molar-refractivity contribution < 1.29 is 9.13 Å². The minimum atomic E-state index is -0.302.